The van der Waals surface area contributed by atoms with Crippen molar-refractivity contribution in [2.45, 2.75) is 58.0 Å². The monoisotopic (exact) mass is 423 g/mol. The lowest BCUT2D eigenvalue weighted by molar-refractivity contribution is -0.385. The third-order valence-corrected chi connectivity index (χ3v) is 6.56. The zero-order valence-electron chi connectivity index (χ0n) is 18.3. The van der Waals surface area contributed by atoms with E-state index in [1.165, 1.54) is 5.57 Å². The highest BCUT2D eigenvalue weighted by Gasteiger charge is 2.35. The van der Waals surface area contributed by atoms with Crippen molar-refractivity contribution in [3.8, 4) is 0 Å². The molecule has 0 aromatic heterocycles. The van der Waals surface area contributed by atoms with Crippen LogP contribution in [0.1, 0.15) is 62.5 Å². The lowest BCUT2D eigenvalue weighted by Gasteiger charge is -2.25. The van der Waals surface area contributed by atoms with E-state index in [1.807, 2.05) is 42.5 Å². The largest absolute Gasteiger partial charge is 0.396 e. The van der Waals surface area contributed by atoms with Gasteiger partial charge in [-0.05, 0) is 49.5 Å². The van der Waals surface area contributed by atoms with E-state index >= 15 is 0 Å². The van der Waals surface area contributed by atoms with Crippen molar-refractivity contribution in [2.24, 2.45) is 5.41 Å². The van der Waals surface area contributed by atoms with Gasteiger partial charge in [-0.15, -0.1) is 0 Å². The highest BCUT2D eigenvalue weighted by Crippen LogP contribution is 2.48. The van der Waals surface area contributed by atoms with Gasteiger partial charge in [0.2, 0.25) is 0 Å². The predicted molar refractivity (Wildman–Crippen MR) is 123 cm³/mol. The molecule has 1 aliphatic carbocycles. The molecule has 166 valence electrons. The van der Waals surface area contributed by atoms with Crippen LogP contribution in [0.25, 0.3) is 0 Å². The number of hydrogen-bond acceptors (Lipinski definition) is 4. The van der Waals surface area contributed by atoms with E-state index in [4.69, 9.17) is 4.74 Å². The molecule has 0 radical (unpaired) electrons. The highest BCUT2D eigenvalue weighted by molar-refractivity contribution is 5.46. The molecule has 0 amide bonds. The molecule has 31 heavy (non-hydrogen) atoms. The number of ether oxygens (including phenoxy) is 1. The maximum Gasteiger partial charge on any atom is 0.273 e. The molecule has 0 saturated heterocycles. The van der Waals surface area contributed by atoms with Crippen LogP contribution >= 0.6 is 0 Å². The Hall–Kier alpha value is -2.50. The fourth-order valence-corrected chi connectivity index (χ4v) is 4.74. The van der Waals surface area contributed by atoms with Gasteiger partial charge in [0.25, 0.3) is 5.69 Å². The van der Waals surface area contributed by atoms with E-state index in [-0.39, 0.29) is 28.6 Å². The second-order valence-electron chi connectivity index (χ2n) is 8.46. The lowest BCUT2D eigenvalue weighted by Crippen LogP contribution is -2.14. The van der Waals surface area contributed by atoms with Crippen LogP contribution in [0.2, 0.25) is 0 Å². The van der Waals surface area contributed by atoms with Crippen LogP contribution in [0, 0.1) is 15.5 Å². The predicted octanol–water partition coefficient (Wildman–Crippen LogP) is 6.17. The summed E-state index contributed by atoms with van der Waals surface area (Å²) in [4.78, 5) is 11.4. The molecule has 5 heteroatoms. The van der Waals surface area contributed by atoms with Crippen molar-refractivity contribution in [2.75, 3.05) is 13.2 Å². The van der Waals surface area contributed by atoms with E-state index in [2.05, 4.69) is 13.0 Å². The Balaban J connectivity index is 1.80. The van der Waals surface area contributed by atoms with Gasteiger partial charge in [-0.3, -0.25) is 10.1 Å². The SMILES string of the molecule is CC[C@]1(CCCO)C=C(C(CCOCc2ccccc2)c2ccccc2[N+](=O)[O-])CC1. The minimum atomic E-state index is -0.276. The Kier molecular flexibility index (Phi) is 8.38. The molecular formula is C26H33NO4. The van der Waals surface area contributed by atoms with Gasteiger partial charge in [0.05, 0.1) is 11.5 Å². The molecule has 0 aliphatic heterocycles. The van der Waals surface area contributed by atoms with E-state index in [0.717, 1.165) is 43.2 Å². The molecule has 2 aromatic carbocycles. The molecule has 0 bridgehead atoms. The Morgan fingerprint density at radius 1 is 1.16 bits per heavy atom. The second kappa shape index (κ2) is 11.2. The zero-order valence-corrected chi connectivity index (χ0v) is 18.3. The Morgan fingerprint density at radius 3 is 2.61 bits per heavy atom. The number of aliphatic hydroxyl groups is 1. The molecule has 3 rings (SSSR count). The van der Waals surface area contributed by atoms with Crippen molar-refractivity contribution in [3.63, 3.8) is 0 Å². The number of aliphatic hydroxyl groups excluding tert-OH is 1. The van der Waals surface area contributed by atoms with Crippen molar-refractivity contribution < 1.29 is 14.8 Å². The first-order valence-electron chi connectivity index (χ1n) is 11.3. The molecule has 1 N–H and O–H groups in total. The second-order valence-corrected chi connectivity index (χ2v) is 8.46. The number of benzene rings is 2. The van der Waals surface area contributed by atoms with Gasteiger partial charge >= 0.3 is 0 Å². The Morgan fingerprint density at radius 2 is 1.90 bits per heavy atom. The number of rotatable bonds is 12. The van der Waals surface area contributed by atoms with E-state index in [1.54, 1.807) is 12.1 Å². The van der Waals surface area contributed by atoms with Crippen LogP contribution in [0.15, 0.2) is 66.2 Å². The van der Waals surface area contributed by atoms with Gasteiger partial charge < -0.3 is 9.84 Å². The van der Waals surface area contributed by atoms with Gasteiger partial charge in [0, 0.05) is 30.8 Å². The third kappa shape index (κ3) is 6.02. The fourth-order valence-electron chi connectivity index (χ4n) is 4.74. The summed E-state index contributed by atoms with van der Waals surface area (Å²) < 4.78 is 5.94. The van der Waals surface area contributed by atoms with Gasteiger partial charge in [-0.25, -0.2) is 0 Å². The van der Waals surface area contributed by atoms with Gasteiger partial charge in [-0.2, -0.15) is 0 Å². The molecule has 5 nitrogen and oxygen atoms in total. The van der Waals surface area contributed by atoms with E-state index in [0.29, 0.717) is 19.6 Å². The third-order valence-electron chi connectivity index (χ3n) is 6.56. The summed E-state index contributed by atoms with van der Waals surface area (Å²) >= 11 is 0. The normalized spacial score (nSPS) is 19.2. The number of nitro benzene ring substituents is 1. The Bertz CT molecular complexity index is 880. The average molecular weight is 424 g/mol. The van der Waals surface area contributed by atoms with Crippen LogP contribution in [0.3, 0.4) is 0 Å². The van der Waals surface area contributed by atoms with Crippen molar-refractivity contribution >= 4 is 5.69 Å². The standard InChI is InChI=1S/C26H33NO4/c1-2-26(15-8-17-28)16-13-22(19-26)23(24-11-6-7-12-25(24)27(29)30)14-18-31-20-21-9-4-3-5-10-21/h3-7,9-12,19,23,28H,2,8,13-18,20H2,1H3/t23?,26-/m1/s1. The van der Waals surface area contributed by atoms with E-state index in [9.17, 15) is 15.2 Å². The smallest absolute Gasteiger partial charge is 0.273 e. The van der Waals surface area contributed by atoms with Crippen molar-refractivity contribution in [1.82, 2.24) is 0 Å². The summed E-state index contributed by atoms with van der Waals surface area (Å²) in [5.74, 6) is -0.0278. The van der Waals surface area contributed by atoms with Crippen LogP contribution in [-0.2, 0) is 11.3 Å². The summed E-state index contributed by atoms with van der Waals surface area (Å²) in [5, 5.41) is 21.0. The van der Waals surface area contributed by atoms with Crippen LogP contribution < -0.4 is 0 Å². The van der Waals surface area contributed by atoms with Crippen LogP contribution in [0.5, 0.6) is 0 Å². The van der Waals surface area contributed by atoms with Gasteiger partial charge in [-0.1, -0.05) is 67.1 Å². The summed E-state index contributed by atoms with van der Waals surface area (Å²) in [6.45, 7) is 3.48. The number of para-hydroxylation sites is 1. The number of nitro groups is 1. The summed E-state index contributed by atoms with van der Waals surface area (Å²) in [6.07, 6.45) is 7.82. The minimum absolute atomic E-state index is 0.0278. The summed E-state index contributed by atoms with van der Waals surface area (Å²) in [5.41, 5.74) is 3.44. The van der Waals surface area contributed by atoms with Crippen molar-refractivity contribution in [1.29, 1.82) is 0 Å². The lowest BCUT2D eigenvalue weighted by atomic mass is 9.80. The minimum Gasteiger partial charge on any atom is -0.396 e. The fraction of sp³-hybridized carbons (Fsp3) is 0.462. The number of allylic oxidation sites excluding steroid dienone is 2. The topological polar surface area (TPSA) is 72.6 Å². The zero-order chi connectivity index (χ0) is 22.1. The maximum atomic E-state index is 11.7. The molecule has 2 aromatic rings. The number of nitrogens with zero attached hydrogens (tertiary/aromatic N) is 1. The summed E-state index contributed by atoms with van der Waals surface area (Å²) in [7, 11) is 0. The summed E-state index contributed by atoms with van der Waals surface area (Å²) in [6, 6.07) is 17.1. The van der Waals surface area contributed by atoms with Crippen molar-refractivity contribution in [3.05, 3.63) is 87.5 Å². The van der Waals surface area contributed by atoms with Gasteiger partial charge in [0.1, 0.15) is 0 Å². The van der Waals surface area contributed by atoms with Crippen LogP contribution in [0.4, 0.5) is 5.69 Å². The first-order chi connectivity index (χ1) is 15.1. The first-order valence-corrected chi connectivity index (χ1v) is 11.3. The first kappa shape index (κ1) is 23.2. The van der Waals surface area contributed by atoms with E-state index < -0.39 is 0 Å². The molecule has 0 fully saturated rings. The highest BCUT2D eigenvalue weighted by atomic mass is 16.6. The molecule has 0 spiro atoms. The quantitative estimate of drug-likeness (QED) is 0.192. The van der Waals surface area contributed by atoms with Crippen LogP contribution in [-0.4, -0.2) is 23.2 Å². The number of hydrogen-bond donors (Lipinski definition) is 1. The molecule has 0 heterocycles. The molecule has 0 saturated carbocycles. The maximum absolute atomic E-state index is 11.7. The molecule has 1 aliphatic rings. The molecule has 1 unspecified atom stereocenters. The average Bonchev–Trinajstić information content (AvgIpc) is 3.23. The van der Waals surface area contributed by atoms with Gasteiger partial charge in [0.15, 0.2) is 0 Å². The molecule has 2 atom stereocenters. The molecular weight excluding hydrogens is 390 g/mol. The Labute approximate surface area is 184 Å².